The number of hydrazone groups is 1. The van der Waals surface area contributed by atoms with Gasteiger partial charge in [0.15, 0.2) is 0 Å². The first-order valence-electron chi connectivity index (χ1n) is 5.61. The Morgan fingerprint density at radius 3 is 2.70 bits per heavy atom. The van der Waals surface area contributed by atoms with Crippen LogP contribution in [-0.2, 0) is 0 Å². The molecule has 0 aliphatic carbocycles. The van der Waals surface area contributed by atoms with Gasteiger partial charge in [0.1, 0.15) is 5.82 Å². The molecule has 0 unspecified atom stereocenters. The maximum absolute atomic E-state index is 13.5. The van der Waals surface area contributed by atoms with Gasteiger partial charge in [-0.15, -0.1) is 0 Å². The summed E-state index contributed by atoms with van der Waals surface area (Å²) in [4.78, 5) is 11.8. The average Bonchev–Trinajstić information content (AvgIpc) is 2.42. The number of nitrogens with one attached hydrogen (secondary N) is 1. The minimum absolute atomic E-state index is 0.126. The minimum Gasteiger partial charge on any atom is -0.267 e. The first-order chi connectivity index (χ1) is 9.59. The van der Waals surface area contributed by atoms with E-state index < -0.39 is 11.7 Å². The summed E-state index contributed by atoms with van der Waals surface area (Å²) in [5.41, 5.74) is 2.88. The van der Waals surface area contributed by atoms with Gasteiger partial charge in [-0.1, -0.05) is 29.8 Å². The van der Waals surface area contributed by atoms with Crippen LogP contribution >= 0.6 is 27.5 Å². The maximum Gasteiger partial charge on any atom is 0.272 e. The lowest BCUT2D eigenvalue weighted by atomic mass is 10.2. The zero-order valence-corrected chi connectivity index (χ0v) is 12.5. The van der Waals surface area contributed by atoms with E-state index in [2.05, 4.69) is 26.5 Å². The number of benzene rings is 2. The van der Waals surface area contributed by atoms with Gasteiger partial charge in [-0.3, -0.25) is 4.79 Å². The summed E-state index contributed by atoms with van der Waals surface area (Å²) in [6.07, 6.45) is 1.17. The number of halogens is 3. The summed E-state index contributed by atoms with van der Waals surface area (Å²) in [7, 11) is 0. The Balaban J connectivity index is 2.11. The second-order valence-corrected chi connectivity index (χ2v) is 5.08. The molecule has 0 radical (unpaired) electrons. The van der Waals surface area contributed by atoms with Crippen molar-refractivity contribution < 1.29 is 9.18 Å². The SMILES string of the molecule is O=C(N/N=C\c1c(F)cccc1Cl)c1ccccc1Br. The van der Waals surface area contributed by atoms with E-state index in [1.807, 2.05) is 0 Å². The first-order valence-corrected chi connectivity index (χ1v) is 6.78. The van der Waals surface area contributed by atoms with Crippen LogP contribution in [0.15, 0.2) is 52.0 Å². The third-order valence-corrected chi connectivity index (χ3v) is 3.50. The highest BCUT2D eigenvalue weighted by Gasteiger charge is 2.08. The molecule has 0 aliphatic heterocycles. The Bertz CT molecular complexity index is 656. The lowest BCUT2D eigenvalue weighted by molar-refractivity contribution is 0.0954. The van der Waals surface area contributed by atoms with Crippen molar-refractivity contribution in [3.8, 4) is 0 Å². The second-order valence-electron chi connectivity index (χ2n) is 3.81. The van der Waals surface area contributed by atoms with E-state index in [9.17, 15) is 9.18 Å². The molecule has 102 valence electrons. The van der Waals surface area contributed by atoms with Crippen LogP contribution in [0.4, 0.5) is 4.39 Å². The average molecular weight is 356 g/mol. The van der Waals surface area contributed by atoms with Crippen molar-refractivity contribution in [1.82, 2.24) is 5.43 Å². The van der Waals surface area contributed by atoms with E-state index >= 15 is 0 Å². The predicted octanol–water partition coefficient (Wildman–Crippen LogP) is 4.01. The van der Waals surface area contributed by atoms with E-state index in [-0.39, 0.29) is 10.6 Å². The van der Waals surface area contributed by atoms with E-state index in [4.69, 9.17) is 11.6 Å². The number of carbonyl (C=O) groups excluding carboxylic acids is 1. The Morgan fingerprint density at radius 2 is 2.00 bits per heavy atom. The Labute approximate surface area is 128 Å². The largest absolute Gasteiger partial charge is 0.272 e. The van der Waals surface area contributed by atoms with Gasteiger partial charge in [0.2, 0.25) is 0 Å². The molecule has 1 N–H and O–H groups in total. The standard InChI is InChI=1S/C14H9BrClFN2O/c15-11-5-2-1-4-9(11)14(20)19-18-8-10-12(16)6-3-7-13(10)17/h1-8H,(H,19,20)/b18-8-. The van der Waals surface area contributed by atoms with Crippen LogP contribution in [-0.4, -0.2) is 12.1 Å². The van der Waals surface area contributed by atoms with E-state index in [0.717, 1.165) is 0 Å². The molecule has 3 nitrogen and oxygen atoms in total. The molecule has 1 amide bonds. The number of carbonyl (C=O) groups is 1. The molecular weight excluding hydrogens is 347 g/mol. The minimum atomic E-state index is -0.503. The van der Waals surface area contributed by atoms with Gasteiger partial charge in [0, 0.05) is 10.0 Å². The maximum atomic E-state index is 13.5. The van der Waals surface area contributed by atoms with Crippen molar-refractivity contribution in [2.75, 3.05) is 0 Å². The normalized spacial score (nSPS) is 10.8. The molecule has 0 atom stereocenters. The lowest BCUT2D eigenvalue weighted by Crippen LogP contribution is -2.18. The van der Waals surface area contributed by atoms with Crippen LogP contribution in [0.3, 0.4) is 0 Å². The third kappa shape index (κ3) is 3.43. The number of hydrogen-bond acceptors (Lipinski definition) is 2. The van der Waals surface area contributed by atoms with Crippen molar-refractivity contribution in [3.63, 3.8) is 0 Å². The molecule has 6 heteroatoms. The Kier molecular flexibility index (Phi) is 4.87. The fourth-order valence-corrected chi connectivity index (χ4v) is 2.17. The topological polar surface area (TPSA) is 41.5 Å². The van der Waals surface area contributed by atoms with Gasteiger partial charge in [-0.2, -0.15) is 5.10 Å². The van der Waals surface area contributed by atoms with E-state index in [1.54, 1.807) is 30.3 Å². The molecule has 0 aliphatic rings. The van der Waals surface area contributed by atoms with Gasteiger partial charge >= 0.3 is 0 Å². The van der Waals surface area contributed by atoms with Gasteiger partial charge in [-0.05, 0) is 40.2 Å². The first kappa shape index (κ1) is 14.7. The van der Waals surface area contributed by atoms with Crippen LogP contribution in [0.5, 0.6) is 0 Å². The predicted molar refractivity (Wildman–Crippen MR) is 80.6 cm³/mol. The summed E-state index contributed by atoms with van der Waals surface area (Å²) in [5.74, 6) is -0.905. The molecule has 0 saturated carbocycles. The highest BCUT2D eigenvalue weighted by molar-refractivity contribution is 9.10. The lowest BCUT2D eigenvalue weighted by Gasteiger charge is -2.02. The molecule has 20 heavy (non-hydrogen) atoms. The Morgan fingerprint density at radius 1 is 1.25 bits per heavy atom. The van der Waals surface area contributed by atoms with Crippen LogP contribution in [0, 0.1) is 5.82 Å². The van der Waals surface area contributed by atoms with Crippen molar-refractivity contribution in [1.29, 1.82) is 0 Å². The summed E-state index contributed by atoms with van der Waals surface area (Å²) < 4.78 is 14.1. The molecule has 0 heterocycles. The molecule has 0 spiro atoms. The van der Waals surface area contributed by atoms with Crippen molar-refractivity contribution in [3.05, 3.63) is 68.9 Å². The van der Waals surface area contributed by atoms with E-state index in [1.165, 1.54) is 18.3 Å². The third-order valence-electron chi connectivity index (χ3n) is 2.48. The van der Waals surface area contributed by atoms with Gasteiger partial charge in [0.25, 0.3) is 5.91 Å². The zero-order valence-electron chi connectivity index (χ0n) is 10.1. The highest BCUT2D eigenvalue weighted by Crippen LogP contribution is 2.17. The molecule has 0 aromatic heterocycles. The van der Waals surface area contributed by atoms with E-state index in [0.29, 0.717) is 10.0 Å². The van der Waals surface area contributed by atoms with Crippen LogP contribution in [0.1, 0.15) is 15.9 Å². The molecule has 0 fully saturated rings. The fraction of sp³-hybridized carbons (Fsp3) is 0. The molecule has 2 aromatic carbocycles. The fourth-order valence-electron chi connectivity index (χ4n) is 1.50. The monoisotopic (exact) mass is 354 g/mol. The number of rotatable bonds is 3. The van der Waals surface area contributed by atoms with Gasteiger partial charge in [0.05, 0.1) is 16.8 Å². The zero-order chi connectivity index (χ0) is 14.5. The second kappa shape index (κ2) is 6.63. The quantitative estimate of drug-likeness (QED) is 0.656. The summed E-state index contributed by atoms with van der Waals surface area (Å²) in [6, 6.07) is 11.2. The molecule has 0 saturated heterocycles. The van der Waals surface area contributed by atoms with Crippen LogP contribution in [0.25, 0.3) is 0 Å². The van der Waals surface area contributed by atoms with Crippen molar-refractivity contribution >= 4 is 39.7 Å². The van der Waals surface area contributed by atoms with Crippen molar-refractivity contribution in [2.45, 2.75) is 0 Å². The summed E-state index contributed by atoms with van der Waals surface area (Å²) in [5, 5.41) is 3.94. The molecule has 2 aromatic rings. The summed E-state index contributed by atoms with van der Waals surface area (Å²) >= 11 is 9.10. The molecule has 0 bridgehead atoms. The van der Waals surface area contributed by atoms with Crippen LogP contribution < -0.4 is 5.43 Å². The highest BCUT2D eigenvalue weighted by atomic mass is 79.9. The smallest absolute Gasteiger partial charge is 0.267 e. The number of amides is 1. The van der Waals surface area contributed by atoms with Gasteiger partial charge < -0.3 is 0 Å². The number of hydrogen-bond donors (Lipinski definition) is 1. The van der Waals surface area contributed by atoms with Crippen molar-refractivity contribution in [2.24, 2.45) is 5.10 Å². The number of nitrogens with zero attached hydrogens (tertiary/aromatic N) is 1. The Hall–Kier alpha value is -1.72. The van der Waals surface area contributed by atoms with Gasteiger partial charge in [-0.25, -0.2) is 9.82 Å². The molecule has 2 rings (SSSR count). The van der Waals surface area contributed by atoms with Crippen LogP contribution in [0.2, 0.25) is 5.02 Å². The molecular formula is C14H9BrClFN2O. The summed E-state index contributed by atoms with van der Waals surface area (Å²) in [6.45, 7) is 0.